The zero-order chi connectivity index (χ0) is 29.6. The number of anilines is 1. The van der Waals surface area contributed by atoms with Gasteiger partial charge in [0.25, 0.3) is 0 Å². The third-order valence-corrected chi connectivity index (χ3v) is 7.60. The number of hydrazine groups is 1. The molecule has 212 valence electrons. The van der Waals surface area contributed by atoms with Gasteiger partial charge in [-0.3, -0.25) is 10.4 Å². The molecule has 0 fully saturated rings. The Bertz CT molecular complexity index is 1920. The van der Waals surface area contributed by atoms with Crippen LogP contribution in [-0.2, 0) is 0 Å². The number of nitrogens with one attached hydrogen (secondary N) is 1. The lowest BCUT2D eigenvalue weighted by Crippen LogP contribution is -2.34. The van der Waals surface area contributed by atoms with E-state index in [0.29, 0.717) is 5.89 Å². The fourth-order valence-corrected chi connectivity index (χ4v) is 5.31. The van der Waals surface area contributed by atoms with Crippen molar-refractivity contribution >= 4 is 23.9 Å². The molecule has 1 aliphatic rings. The normalized spacial score (nSPS) is 14.7. The van der Waals surface area contributed by atoms with Gasteiger partial charge in [-0.25, -0.2) is 4.98 Å². The Morgan fingerprint density at radius 2 is 1.20 bits per heavy atom. The molecule has 0 radical (unpaired) electrons. The van der Waals surface area contributed by atoms with Crippen molar-refractivity contribution in [1.29, 1.82) is 0 Å². The highest BCUT2D eigenvalue weighted by Gasteiger charge is 2.25. The highest BCUT2D eigenvalue weighted by molar-refractivity contribution is 5.73. The van der Waals surface area contributed by atoms with Gasteiger partial charge < -0.3 is 4.42 Å². The number of benzene rings is 5. The highest BCUT2D eigenvalue weighted by Crippen LogP contribution is 2.33. The minimum absolute atomic E-state index is 0.0772. The van der Waals surface area contributed by atoms with Crippen LogP contribution >= 0.6 is 0 Å². The number of aromatic nitrogens is 1. The van der Waals surface area contributed by atoms with E-state index in [0.717, 1.165) is 39.4 Å². The lowest BCUT2D eigenvalue weighted by atomic mass is 10.1. The van der Waals surface area contributed by atoms with Gasteiger partial charge in [-0.2, -0.15) is 0 Å². The molecule has 1 N–H and O–H groups in total. The zero-order valence-corrected chi connectivity index (χ0v) is 24.1. The second kappa shape index (κ2) is 12.6. The molecule has 44 heavy (non-hydrogen) atoms. The summed E-state index contributed by atoms with van der Waals surface area (Å²) in [6.45, 7) is 0. The van der Waals surface area contributed by atoms with Crippen LogP contribution in [0.25, 0.3) is 41.0 Å². The van der Waals surface area contributed by atoms with Crippen LogP contribution in [0.3, 0.4) is 0 Å². The van der Waals surface area contributed by atoms with Gasteiger partial charge in [0.2, 0.25) is 5.89 Å². The van der Waals surface area contributed by atoms with Gasteiger partial charge in [-0.15, -0.1) is 0 Å². The first kappa shape index (κ1) is 27.0. The number of nitrogens with zero attached hydrogens (tertiary/aromatic N) is 2. The van der Waals surface area contributed by atoms with Crippen molar-refractivity contribution in [2.45, 2.75) is 6.04 Å². The monoisotopic (exact) mass is 569 g/mol. The average Bonchev–Trinajstić information content (AvgIpc) is 3.77. The van der Waals surface area contributed by atoms with Crippen LogP contribution in [0.1, 0.15) is 28.3 Å². The van der Waals surface area contributed by atoms with Gasteiger partial charge in [-0.05, 0) is 58.7 Å². The summed E-state index contributed by atoms with van der Waals surface area (Å²) in [7, 11) is 0. The fraction of sp³-hybridized carbons (Fsp3) is 0.0250. The molecule has 2 heterocycles. The van der Waals surface area contributed by atoms with Crippen molar-refractivity contribution in [3.63, 3.8) is 0 Å². The zero-order valence-electron chi connectivity index (χ0n) is 24.1. The largest absolute Gasteiger partial charge is 0.436 e. The molecular formula is C40H31N3O. The number of hydrogen-bond donors (Lipinski definition) is 1. The summed E-state index contributed by atoms with van der Waals surface area (Å²) in [4.78, 5) is 4.52. The molecule has 0 amide bonds. The molecule has 4 nitrogen and oxygen atoms in total. The van der Waals surface area contributed by atoms with Crippen molar-refractivity contribution in [3.05, 3.63) is 186 Å². The smallest absolute Gasteiger partial charge is 0.226 e. The van der Waals surface area contributed by atoms with Crippen LogP contribution in [0.15, 0.2) is 168 Å². The molecule has 7 rings (SSSR count). The van der Waals surface area contributed by atoms with E-state index in [1.807, 2.05) is 48.5 Å². The van der Waals surface area contributed by atoms with E-state index in [9.17, 15) is 0 Å². The third kappa shape index (κ3) is 6.15. The topological polar surface area (TPSA) is 41.3 Å². The van der Waals surface area contributed by atoms with Crippen molar-refractivity contribution in [3.8, 4) is 22.8 Å². The van der Waals surface area contributed by atoms with Crippen LogP contribution in [0, 0.1) is 0 Å². The van der Waals surface area contributed by atoms with Crippen LogP contribution in [0.2, 0.25) is 0 Å². The summed E-state index contributed by atoms with van der Waals surface area (Å²) >= 11 is 0. The number of hydrogen-bond acceptors (Lipinski definition) is 4. The van der Waals surface area contributed by atoms with Gasteiger partial charge in [0.1, 0.15) is 0 Å². The summed E-state index contributed by atoms with van der Waals surface area (Å²) in [5.41, 5.74) is 12.3. The number of rotatable bonds is 8. The maximum atomic E-state index is 6.07. The van der Waals surface area contributed by atoms with E-state index in [-0.39, 0.29) is 6.04 Å². The van der Waals surface area contributed by atoms with Gasteiger partial charge in [0.15, 0.2) is 5.76 Å². The molecule has 1 aromatic heterocycles. The first-order valence-electron chi connectivity index (χ1n) is 14.7. The lowest BCUT2D eigenvalue weighted by Gasteiger charge is -2.27. The Hall–Kier alpha value is -5.87. The van der Waals surface area contributed by atoms with E-state index in [1.54, 1.807) is 6.20 Å². The van der Waals surface area contributed by atoms with E-state index < -0.39 is 0 Å². The molecule has 0 bridgehead atoms. The summed E-state index contributed by atoms with van der Waals surface area (Å²) in [5, 5.41) is 2.22. The molecule has 5 aromatic carbocycles. The van der Waals surface area contributed by atoms with E-state index >= 15 is 0 Å². The molecule has 1 aliphatic heterocycles. The Morgan fingerprint density at radius 1 is 0.591 bits per heavy atom. The first-order valence-corrected chi connectivity index (χ1v) is 14.7. The standard InChI is InChI=1S/C40H31N3O/c1-4-11-30(12-5-1)21-24-36-28-38(33-14-6-2-7-15-33)43(42-36)37-25-22-31(23-26-37)19-20-32-13-10-18-35(27-32)40-41-29-39(44-40)34-16-8-3-9-17-34/h1-29,38,42H/b20-19+,24-21+/t38-/m1/s1. The van der Waals surface area contributed by atoms with E-state index in [4.69, 9.17) is 4.42 Å². The van der Waals surface area contributed by atoms with Crippen LogP contribution in [-0.4, -0.2) is 4.98 Å². The van der Waals surface area contributed by atoms with Crippen molar-refractivity contribution in [2.75, 3.05) is 5.01 Å². The number of oxazole rings is 1. The van der Waals surface area contributed by atoms with Crippen molar-refractivity contribution in [2.24, 2.45) is 0 Å². The Kier molecular flexibility index (Phi) is 7.70. The molecular weight excluding hydrogens is 538 g/mol. The summed E-state index contributed by atoms with van der Waals surface area (Å²) in [6.07, 6.45) is 12.6. The Labute approximate surface area is 257 Å². The Morgan fingerprint density at radius 3 is 1.98 bits per heavy atom. The molecule has 0 saturated heterocycles. The molecule has 6 aromatic rings. The van der Waals surface area contributed by atoms with Crippen molar-refractivity contribution in [1.82, 2.24) is 10.4 Å². The minimum atomic E-state index is 0.0772. The molecule has 0 spiro atoms. The SMILES string of the molecule is C1=C(/C=C/c2ccccc2)NN(c2ccc(/C=C/c3cccc(-c4ncc(-c5ccccc5)o4)c3)cc2)[C@H]1c1ccccc1. The van der Waals surface area contributed by atoms with E-state index in [1.165, 1.54) is 11.1 Å². The fourth-order valence-electron chi connectivity index (χ4n) is 5.31. The molecule has 0 aliphatic carbocycles. The summed E-state index contributed by atoms with van der Waals surface area (Å²) < 4.78 is 6.07. The number of allylic oxidation sites excluding steroid dienone is 1. The summed E-state index contributed by atoms with van der Waals surface area (Å²) in [6, 6.07) is 47.9. The molecule has 0 saturated carbocycles. The van der Waals surface area contributed by atoms with Crippen molar-refractivity contribution < 1.29 is 4.42 Å². The lowest BCUT2D eigenvalue weighted by molar-refractivity contribution is 0.589. The molecule has 1 atom stereocenters. The highest BCUT2D eigenvalue weighted by atomic mass is 16.4. The van der Waals surface area contributed by atoms with E-state index in [2.05, 4.69) is 137 Å². The van der Waals surface area contributed by atoms with Gasteiger partial charge in [0.05, 0.1) is 23.6 Å². The first-order chi connectivity index (χ1) is 21.8. The van der Waals surface area contributed by atoms with Gasteiger partial charge >= 0.3 is 0 Å². The van der Waals surface area contributed by atoms with Crippen LogP contribution in [0.4, 0.5) is 5.69 Å². The van der Waals surface area contributed by atoms with Gasteiger partial charge in [0, 0.05) is 11.1 Å². The minimum Gasteiger partial charge on any atom is -0.436 e. The average molecular weight is 570 g/mol. The third-order valence-electron chi connectivity index (χ3n) is 7.60. The maximum Gasteiger partial charge on any atom is 0.226 e. The summed E-state index contributed by atoms with van der Waals surface area (Å²) in [5.74, 6) is 1.37. The quantitative estimate of drug-likeness (QED) is 0.185. The maximum absolute atomic E-state index is 6.07. The van der Waals surface area contributed by atoms with Crippen LogP contribution in [0.5, 0.6) is 0 Å². The van der Waals surface area contributed by atoms with Gasteiger partial charge in [-0.1, -0.05) is 133 Å². The molecule has 4 heteroatoms. The van der Waals surface area contributed by atoms with Crippen LogP contribution < -0.4 is 10.4 Å². The predicted molar refractivity (Wildman–Crippen MR) is 181 cm³/mol. The second-order valence-corrected chi connectivity index (χ2v) is 10.6. The Balaban J connectivity index is 1.07. The molecule has 0 unspecified atom stereocenters. The second-order valence-electron chi connectivity index (χ2n) is 10.6. The predicted octanol–water partition coefficient (Wildman–Crippen LogP) is 9.84.